The number of aromatic amines is 2. The SMILES string of the molecule is C=C(CCCCCC[C@H]1CCCN(C[C@H]2CN[C@H](C)CN2CC(=O)N2CC(C)(C)c3[nH]c(=O)c(Cc4ccc(F)cc4)cc32)C1)C[C@H]1CCCN(C[C@H]2CN[C@H](C)CN2CC(=O)N2CC(C)(C)c3[nH]c(=O)c(Cc4ccc(F)cc4)cc32)C1. The average Bonchev–Trinajstić information content (AvgIpc) is 3.88. The topological polar surface area (TPSA) is 143 Å². The van der Waals surface area contributed by atoms with E-state index in [1.165, 1.54) is 87.6 Å². The Bertz CT molecular complexity index is 3030. The van der Waals surface area contributed by atoms with Crippen molar-refractivity contribution in [1.82, 2.24) is 40.2 Å². The fraction of sp³-hybridized carbons (Fsp3) is 0.612. The molecule has 2 amide bonds. The smallest absolute Gasteiger partial charge is 0.251 e. The monoisotopic (exact) mass is 1140 g/mol. The van der Waals surface area contributed by atoms with Crippen molar-refractivity contribution in [2.24, 2.45) is 11.8 Å². The highest BCUT2D eigenvalue weighted by atomic mass is 19.1. The van der Waals surface area contributed by atoms with Gasteiger partial charge in [0.05, 0.1) is 24.5 Å². The molecule has 4 aromatic rings. The van der Waals surface area contributed by atoms with Gasteiger partial charge in [0.15, 0.2) is 0 Å². The highest BCUT2D eigenvalue weighted by Gasteiger charge is 2.43. The van der Waals surface area contributed by atoms with Crippen molar-refractivity contribution in [2.75, 3.05) is 101 Å². The minimum absolute atomic E-state index is 0.0518. The lowest BCUT2D eigenvalue weighted by Crippen LogP contribution is -2.61. The number of rotatable bonds is 21. The van der Waals surface area contributed by atoms with Crippen LogP contribution in [0.5, 0.6) is 0 Å². The van der Waals surface area contributed by atoms with Crippen LogP contribution < -0.4 is 31.6 Å². The second-order valence-electron chi connectivity index (χ2n) is 27.3. The maximum atomic E-state index is 14.4. The zero-order chi connectivity index (χ0) is 58.6. The molecule has 6 atom stereocenters. The predicted octanol–water partition coefficient (Wildman–Crippen LogP) is 8.51. The molecule has 6 aliphatic heterocycles. The van der Waals surface area contributed by atoms with Gasteiger partial charge in [0.2, 0.25) is 11.8 Å². The van der Waals surface area contributed by atoms with Gasteiger partial charge in [-0.05, 0) is 138 Å². The number of H-pyrrole nitrogens is 2. The van der Waals surface area contributed by atoms with E-state index in [0.717, 1.165) is 112 Å². The van der Waals surface area contributed by atoms with E-state index in [0.29, 0.717) is 62.0 Å². The van der Waals surface area contributed by atoms with Crippen LogP contribution in [-0.2, 0) is 33.3 Å². The summed E-state index contributed by atoms with van der Waals surface area (Å²) in [4.78, 5) is 75.5. The Labute approximate surface area is 491 Å². The van der Waals surface area contributed by atoms with Crippen LogP contribution >= 0.6 is 0 Å². The average molecular weight is 1140 g/mol. The number of benzene rings is 2. The van der Waals surface area contributed by atoms with Crippen LogP contribution in [0.15, 0.2) is 82.4 Å². The number of aromatic nitrogens is 2. The van der Waals surface area contributed by atoms with Crippen LogP contribution in [0.4, 0.5) is 20.2 Å². The molecule has 16 heteroatoms. The largest absolute Gasteiger partial charge is 0.323 e. The number of unbranched alkanes of at least 4 members (excludes halogenated alkanes) is 3. The third-order valence-electron chi connectivity index (χ3n) is 19.2. The molecule has 6 aliphatic rings. The van der Waals surface area contributed by atoms with Crippen LogP contribution in [0.1, 0.15) is 146 Å². The number of halogens is 2. The highest BCUT2D eigenvalue weighted by Crippen LogP contribution is 2.41. The summed E-state index contributed by atoms with van der Waals surface area (Å²) in [5.74, 6) is 0.786. The number of fused-ring (bicyclic) bond motifs is 2. The second kappa shape index (κ2) is 26.5. The molecule has 2 aromatic carbocycles. The van der Waals surface area contributed by atoms with E-state index in [9.17, 15) is 28.0 Å². The lowest BCUT2D eigenvalue weighted by Gasteiger charge is -2.43. The normalized spacial score (nSPS) is 24.9. The van der Waals surface area contributed by atoms with E-state index in [1.807, 2.05) is 21.9 Å². The Hall–Kier alpha value is -5.36. The van der Waals surface area contributed by atoms with Crippen molar-refractivity contribution in [3.8, 4) is 0 Å². The first kappa shape index (κ1) is 60.8. The summed E-state index contributed by atoms with van der Waals surface area (Å²) < 4.78 is 27.3. The van der Waals surface area contributed by atoms with Gasteiger partial charge in [-0.15, -0.1) is 0 Å². The van der Waals surface area contributed by atoms with Crippen molar-refractivity contribution < 1.29 is 18.4 Å². The predicted molar refractivity (Wildman–Crippen MR) is 329 cm³/mol. The van der Waals surface area contributed by atoms with Gasteiger partial charge in [-0.25, -0.2) is 8.78 Å². The van der Waals surface area contributed by atoms with Crippen LogP contribution in [0.3, 0.4) is 0 Å². The number of hydrogen-bond acceptors (Lipinski definition) is 10. The number of hydrogen-bond donors (Lipinski definition) is 4. The maximum Gasteiger partial charge on any atom is 0.251 e. The number of piperazine rings is 2. The van der Waals surface area contributed by atoms with Crippen molar-refractivity contribution in [2.45, 2.75) is 160 Å². The molecule has 4 saturated heterocycles. The second-order valence-corrected chi connectivity index (χ2v) is 27.3. The minimum Gasteiger partial charge on any atom is -0.323 e. The van der Waals surface area contributed by atoms with E-state index in [4.69, 9.17) is 0 Å². The van der Waals surface area contributed by atoms with Gasteiger partial charge in [0.1, 0.15) is 11.6 Å². The van der Waals surface area contributed by atoms with Gasteiger partial charge in [0.25, 0.3) is 11.1 Å². The Balaban J connectivity index is 0.643. The molecule has 4 N–H and O–H groups in total. The first-order chi connectivity index (χ1) is 39.7. The van der Waals surface area contributed by atoms with Crippen LogP contribution in [-0.4, -0.2) is 157 Å². The first-order valence-corrected chi connectivity index (χ1v) is 31.4. The number of piperidine rings is 2. The number of pyridine rings is 2. The zero-order valence-corrected chi connectivity index (χ0v) is 50.6. The molecular formula is C67H94F2N10O4. The Morgan fingerprint density at radius 2 is 1.06 bits per heavy atom. The van der Waals surface area contributed by atoms with E-state index in [1.54, 1.807) is 24.3 Å². The van der Waals surface area contributed by atoms with Crippen molar-refractivity contribution in [1.29, 1.82) is 0 Å². The number of anilines is 2. The lowest BCUT2D eigenvalue weighted by molar-refractivity contribution is -0.121. The molecule has 10 rings (SSSR count). The standard InChI is InChI=1S/C67H94F2N10O4/c1-45(28-51-17-13-27-75(38-51)40-57-34-71-47(3)36-77(57)42-61(81)79-44-67(6,7)63-59(79)32-53(65(83)73-63)30-49-20-24-55(69)25-21-49)14-10-8-9-11-15-50-16-12-26-74(37-50)39-56-33-70-46(2)35-76(56)41-60(80)78-43-66(4,5)62-58(78)31-52(64(82)72-62)29-48-18-22-54(68)23-19-48/h18-25,31-32,46-47,50-51,56-57,70-71H,1,8-17,26-30,33-44H2,2-7H3,(H,72,82)(H,73,83)/t46-,47-,50+,51-,56-,57-/m1/s1. The number of amides is 2. The summed E-state index contributed by atoms with van der Waals surface area (Å²) >= 11 is 0. The minimum atomic E-state index is -0.400. The van der Waals surface area contributed by atoms with E-state index in [2.05, 4.69) is 88.3 Å². The van der Waals surface area contributed by atoms with Gasteiger partial charge in [-0.3, -0.25) is 29.0 Å². The molecule has 0 unspecified atom stereocenters. The number of carbonyl (C=O) groups is 2. The summed E-state index contributed by atoms with van der Waals surface area (Å²) in [5.41, 5.74) is 6.23. The molecular weight excluding hydrogens is 1050 g/mol. The summed E-state index contributed by atoms with van der Waals surface area (Å²) in [6.07, 6.45) is 14.0. The molecule has 2 aromatic heterocycles. The third kappa shape index (κ3) is 15.2. The van der Waals surface area contributed by atoms with E-state index >= 15 is 0 Å². The van der Waals surface area contributed by atoms with Gasteiger partial charge < -0.3 is 40.2 Å². The van der Waals surface area contributed by atoms with Crippen molar-refractivity contribution >= 4 is 23.2 Å². The first-order valence-electron chi connectivity index (χ1n) is 31.4. The molecule has 0 spiro atoms. The Morgan fingerprint density at radius 3 is 1.54 bits per heavy atom. The number of likely N-dealkylation sites (tertiary alicyclic amines) is 2. The quantitative estimate of drug-likeness (QED) is 0.0474. The number of carbonyl (C=O) groups excluding carboxylic acids is 2. The van der Waals surface area contributed by atoms with Crippen LogP contribution in [0.2, 0.25) is 0 Å². The zero-order valence-electron chi connectivity index (χ0n) is 50.6. The molecule has 14 nitrogen and oxygen atoms in total. The fourth-order valence-corrected chi connectivity index (χ4v) is 14.7. The summed E-state index contributed by atoms with van der Waals surface area (Å²) in [6, 6.07) is 17.2. The fourth-order valence-electron chi connectivity index (χ4n) is 14.7. The van der Waals surface area contributed by atoms with Crippen molar-refractivity contribution in [3.63, 3.8) is 0 Å². The van der Waals surface area contributed by atoms with Crippen molar-refractivity contribution in [3.05, 3.63) is 139 Å². The maximum absolute atomic E-state index is 14.4. The van der Waals surface area contributed by atoms with Crippen LogP contribution in [0, 0.1) is 23.5 Å². The molecule has 0 aliphatic carbocycles. The summed E-state index contributed by atoms with van der Waals surface area (Å²) in [6.45, 7) is 28.5. The van der Waals surface area contributed by atoms with Gasteiger partial charge >= 0.3 is 0 Å². The van der Waals surface area contributed by atoms with E-state index in [-0.39, 0.29) is 58.7 Å². The van der Waals surface area contributed by atoms with Gasteiger partial charge in [-0.1, -0.05) is 83.4 Å². The molecule has 450 valence electrons. The van der Waals surface area contributed by atoms with E-state index < -0.39 is 10.8 Å². The molecule has 8 heterocycles. The number of allylic oxidation sites excluding steroid dienone is 1. The molecule has 4 fully saturated rings. The summed E-state index contributed by atoms with van der Waals surface area (Å²) in [7, 11) is 0. The Morgan fingerprint density at radius 1 is 0.614 bits per heavy atom. The van der Waals surface area contributed by atoms with Gasteiger partial charge in [0, 0.05) is 136 Å². The van der Waals surface area contributed by atoms with Gasteiger partial charge in [-0.2, -0.15) is 0 Å². The number of nitrogens with zero attached hydrogens (tertiary/aromatic N) is 6. The highest BCUT2D eigenvalue weighted by molar-refractivity contribution is 5.98. The third-order valence-corrected chi connectivity index (χ3v) is 19.2. The molecule has 0 radical (unpaired) electrons. The molecule has 83 heavy (non-hydrogen) atoms. The Kier molecular flexibility index (Phi) is 19.4. The summed E-state index contributed by atoms with van der Waals surface area (Å²) in [5, 5.41) is 7.42. The lowest BCUT2D eigenvalue weighted by atomic mass is 9.89. The number of nitrogens with one attached hydrogen (secondary N) is 4. The molecule has 0 saturated carbocycles. The molecule has 0 bridgehead atoms. The van der Waals surface area contributed by atoms with Crippen LogP contribution in [0.25, 0.3) is 0 Å².